The van der Waals surface area contributed by atoms with Crippen LogP contribution in [0, 0.1) is 0 Å². The van der Waals surface area contributed by atoms with Crippen molar-refractivity contribution in [3.8, 4) is 0 Å². The van der Waals surface area contributed by atoms with E-state index in [0.717, 1.165) is 5.84 Å². The molecule has 1 heterocycles. The van der Waals surface area contributed by atoms with Gasteiger partial charge in [-0.2, -0.15) is 0 Å². The van der Waals surface area contributed by atoms with Gasteiger partial charge in [0.1, 0.15) is 6.04 Å². The zero-order valence-electron chi connectivity index (χ0n) is 7.91. The minimum Gasteiger partial charge on any atom is -0.467 e. The topological polar surface area (TPSA) is 76.7 Å². The molecule has 1 aliphatic heterocycles. The lowest BCUT2D eigenvalue weighted by Gasteiger charge is -2.10. The summed E-state index contributed by atoms with van der Waals surface area (Å²) in [4.78, 5) is 15.2. The zero-order chi connectivity index (χ0) is 9.84. The molecule has 0 spiro atoms. The van der Waals surface area contributed by atoms with Crippen LogP contribution in [0.1, 0.15) is 13.3 Å². The predicted molar refractivity (Wildman–Crippen MR) is 49.5 cm³/mol. The van der Waals surface area contributed by atoms with E-state index in [1.165, 1.54) is 7.11 Å². The van der Waals surface area contributed by atoms with Gasteiger partial charge in [-0.05, 0) is 6.92 Å². The van der Waals surface area contributed by atoms with Crippen LogP contribution in [0.15, 0.2) is 4.99 Å². The van der Waals surface area contributed by atoms with Crippen LogP contribution in [-0.2, 0) is 9.53 Å². The first kappa shape index (κ1) is 9.98. The molecule has 0 saturated heterocycles. The predicted octanol–water partition coefficient (Wildman–Crippen LogP) is -0.733. The van der Waals surface area contributed by atoms with Crippen molar-refractivity contribution in [1.29, 1.82) is 0 Å². The molecule has 0 amide bonds. The number of carbonyl (C=O) groups is 1. The summed E-state index contributed by atoms with van der Waals surface area (Å²) in [6.07, 6.45) is 0.674. The molecule has 0 aromatic carbocycles. The maximum Gasteiger partial charge on any atom is 0.330 e. The quantitative estimate of drug-likeness (QED) is 0.568. The Morgan fingerprint density at radius 2 is 2.62 bits per heavy atom. The lowest BCUT2D eigenvalue weighted by molar-refractivity contribution is -0.142. The van der Waals surface area contributed by atoms with Crippen molar-refractivity contribution >= 4 is 11.8 Å². The molecular weight excluding hydrogens is 170 g/mol. The summed E-state index contributed by atoms with van der Waals surface area (Å²) in [5.41, 5.74) is 5.59. The van der Waals surface area contributed by atoms with Gasteiger partial charge >= 0.3 is 5.97 Å². The van der Waals surface area contributed by atoms with Crippen LogP contribution in [0.5, 0.6) is 0 Å². The third-order valence-corrected chi connectivity index (χ3v) is 1.81. The highest BCUT2D eigenvalue weighted by Gasteiger charge is 2.24. The standard InChI is InChI=1S/C8H15N3O2/c1-5(9)3-7-10-4-6(11-7)8(12)13-2/h5-6H,3-4,9H2,1-2H3,(H,10,11). The second kappa shape index (κ2) is 4.23. The summed E-state index contributed by atoms with van der Waals surface area (Å²) in [6.45, 7) is 2.35. The SMILES string of the molecule is COC(=O)C1CN=C(CC(C)N)N1. The zero-order valence-corrected chi connectivity index (χ0v) is 7.91. The van der Waals surface area contributed by atoms with Crippen molar-refractivity contribution in [3.63, 3.8) is 0 Å². The molecule has 3 N–H and O–H groups in total. The number of rotatable bonds is 3. The molecule has 0 aromatic heterocycles. The average molecular weight is 185 g/mol. The highest BCUT2D eigenvalue weighted by Crippen LogP contribution is 2.01. The molecule has 1 rings (SSSR count). The fourth-order valence-electron chi connectivity index (χ4n) is 1.20. The van der Waals surface area contributed by atoms with Crippen LogP contribution in [0.25, 0.3) is 0 Å². The van der Waals surface area contributed by atoms with Crippen molar-refractivity contribution in [2.45, 2.75) is 25.4 Å². The molecule has 2 atom stereocenters. The Morgan fingerprint density at radius 3 is 3.15 bits per heavy atom. The van der Waals surface area contributed by atoms with Crippen LogP contribution in [0.4, 0.5) is 0 Å². The number of amidine groups is 1. The number of aliphatic imine (C=N–C) groups is 1. The summed E-state index contributed by atoms with van der Waals surface area (Å²) >= 11 is 0. The van der Waals surface area contributed by atoms with Gasteiger partial charge in [0.2, 0.25) is 0 Å². The fourth-order valence-corrected chi connectivity index (χ4v) is 1.20. The molecule has 5 nitrogen and oxygen atoms in total. The van der Waals surface area contributed by atoms with Crippen molar-refractivity contribution < 1.29 is 9.53 Å². The second-order valence-electron chi connectivity index (χ2n) is 3.19. The van der Waals surface area contributed by atoms with Crippen molar-refractivity contribution in [2.24, 2.45) is 10.7 Å². The number of nitrogens with zero attached hydrogens (tertiary/aromatic N) is 1. The smallest absolute Gasteiger partial charge is 0.330 e. The van der Waals surface area contributed by atoms with Crippen molar-refractivity contribution in [2.75, 3.05) is 13.7 Å². The minimum atomic E-state index is -0.321. The molecule has 13 heavy (non-hydrogen) atoms. The maximum absolute atomic E-state index is 11.1. The molecule has 0 aromatic rings. The highest BCUT2D eigenvalue weighted by atomic mass is 16.5. The van der Waals surface area contributed by atoms with Gasteiger partial charge in [0.25, 0.3) is 0 Å². The first-order valence-corrected chi connectivity index (χ1v) is 4.26. The first-order valence-electron chi connectivity index (χ1n) is 4.26. The number of methoxy groups -OCH3 is 1. The molecule has 0 radical (unpaired) electrons. The number of esters is 1. The van der Waals surface area contributed by atoms with Crippen molar-refractivity contribution in [1.82, 2.24) is 5.32 Å². The number of carbonyl (C=O) groups excluding carboxylic acids is 1. The second-order valence-corrected chi connectivity index (χ2v) is 3.19. The molecule has 2 unspecified atom stereocenters. The van der Waals surface area contributed by atoms with Gasteiger partial charge in [-0.3, -0.25) is 4.99 Å². The van der Waals surface area contributed by atoms with E-state index in [4.69, 9.17) is 5.73 Å². The van der Waals surface area contributed by atoms with E-state index in [1.54, 1.807) is 0 Å². The molecular formula is C8H15N3O2. The Morgan fingerprint density at radius 1 is 1.92 bits per heavy atom. The number of nitrogens with two attached hydrogens (primary N) is 1. The highest BCUT2D eigenvalue weighted by molar-refractivity contribution is 5.91. The lowest BCUT2D eigenvalue weighted by atomic mass is 10.2. The summed E-state index contributed by atoms with van der Waals surface area (Å²) in [7, 11) is 1.37. The molecule has 0 saturated carbocycles. The normalized spacial score (nSPS) is 23.3. The number of hydrogen-bond acceptors (Lipinski definition) is 5. The number of hydrogen-bond donors (Lipinski definition) is 2. The van der Waals surface area contributed by atoms with E-state index >= 15 is 0 Å². The van der Waals surface area contributed by atoms with Gasteiger partial charge in [0.05, 0.1) is 19.5 Å². The third-order valence-electron chi connectivity index (χ3n) is 1.81. The molecule has 1 aliphatic rings. The van der Waals surface area contributed by atoms with E-state index in [1.807, 2.05) is 6.92 Å². The van der Waals surface area contributed by atoms with Gasteiger partial charge in [-0.25, -0.2) is 4.79 Å². The summed E-state index contributed by atoms with van der Waals surface area (Å²) in [5, 5.41) is 2.97. The van der Waals surface area contributed by atoms with Gasteiger partial charge in [-0.1, -0.05) is 0 Å². The van der Waals surface area contributed by atoms with Gasteiger partial charge in [-0.15, -0.1) is 0 Å². The monoisotopic (exact) mass is 185 g/mol. The summed E-state index contributed by atoms with van der Waals surface area (Å²) < 4.78 is 4.58. The maximum atomic E-state index is 11.1. The molecule has 0 bridgehead atoms. The molecule has 5 heteroatoms. The van der Waals surface area contributed by atoms with Gasteiger partial charge < -0.3 is 15.8 Å². The third kappa shape index (κ3) is 2.69. The summed E-state index contributed by atoms with van der Waals surface area (Å²) in [6, 6.07) is -0.263. The van der Waals surface area contributed by atoms with E-state index < -0.39 is 0 Å². The number of nitrogens with one attached hydrogen (secondary N) is 1. The van der Waals surface area contributed by atoms with Gasteiger partial charge in [0.15, 0.2) is 0 Å². The lowest BCUT2D eigenvalue weighted by Crippen LogP contribution is -2.39. The van der Waals surface area contributed by atoms with Crippen LogP contribution >= 0.6 is 0 Å². The molecule has 74 valence electrons. The van der Waals surface area contributed by atoms with Crippen LogP contribution in [-0.4, -0.2) is 37.5 Å². The van der Waals surface area contributed by atoms with Crippen molar-refractivity contribution in [3.05, 3.63) is 0 Å². The minimum absolute atomic E-state index is 0.0580. The van der Waals surface area contributed by atoms with Gasteiger partial charge in [0, 0.05) is 12.5 Å². The van der Waals surface area contributed by atoms with Crippen LogP contribution in [0.3, 0.4) is 0 Å². The van der Waals surface area contributed by atoms with E-state index in [9.17, 15) is 4.79 Å². The Bertz CT molecular complexity index is 225. The Hall–Kier alpha value is -1.10. The largest absolute Gasteiger partial charge is 0.467 e. The van der Waals surface area contributed by atoms with Crippen LogP contribution in [0.2, 0.25) is 0 Å². The van der Waals surface area contributed by atoms with E-state index in [-0.39, 0.29) is 18.1 Å². The summed E-state index contributed by atoms with van der Waals surface area (Å²) in [5.74, 6) is 0.522. The van der Waals surface area contributed by atoms with Crippen LogP contribution < -0.4 is 11.1 Å². The fraction of sp³-hybridized carbons (Fsp3) is 0.750. The Labute approximate surface area is 77.3 Å². The first-order chi connectivity index (χ1) is 6.13. The average Bonchev–Trinajstić information content (AvgIpc) is 2.50. The number of ether oxygens (including phenoxy) is 1. The molecule has 0 fully saturated rings. The Kier molecular flexibility index (Phi) is 3.25. The molecule has 0 aliphatic carbocycles. The Balaban J connectivity index is 2.38. The van der Waals surface area contributed by atoms with E-state index in [2.05, 4.69) is 15.0 Å². The van der Waals surface area contributed by atoms with E-state index in [0.29, 0.717) is 13.0 Å².